The lowest BCUT2D eigenvalue weighted by molar-refractivity contribution is -0.144. The Bertz CT molecular complexity index is 1250. The third kappa shape index (κ3) is 10.1. The summed E-state index contributed by atoms with van der Waals surface area (Å²) in [5.74, 6) is -2.21. The second-order valence-electron chi connectivity index (χ2n) is 10.3. The molecule has 0 aliphatic rings. The summed E-state index contributed by atoms with van der Waals surface area (Å²) >= 11 is 0. The Kier molecular flexibility index (Phi) is 12.1. The van der Waals surface area contributed by atoms with E-state index in [0.717, 1.165) is 4.90 Å². The van der Waals surface area contributed by atoms with Gasteiger partial charge in [0.05, 0.1) is 19.1 Å². The van der Waals surface area contributed by atoms with Crippen molar-refractivity contribution >= 4 is 23.9 Å². The summed E-state index contributed by atoms with van der Waals surface area (Å²) < 4.78 is 10.3. The summed E-state index contributed by atoms with van der Waals surface area (Å²) in [5, 5.41) is 25.8. The molecular formula is C30H38N4O7. The first-order valence-corrected chi connectivity index (χ1v) is 13.3. The largest absolute Gasteiger partial charge is 0.507 e. The third-order valence-corrected chi connectivity index (χ3v) is 5.85. The van der Waals surface area contributed by atoms with E-state index < -0.39 is 48.1 Å². The van der Waals surface area contributed by atoms with Crippen molar-refractivity contribution in [1.82, 2.24) is 15.5 Å². The van der Waals surface area contributed by atoms with Gasteiger partial charge in [0.2, 0.25) is 11.8 Å². The number of amides is 3. The number of ether oxygens (including phenoxy) is 2. The van der Waals surface area contributed by atoms with Crippen LogP contribution in [0.1, 0.15) is 56.8 Å². The minimum Gasteiger partial charge on any atom is -0.507 e. The number of aromatic hydroxyl groups is 1. The van der Waals surface area contributed by atoms with Crippen LogP contribution in [0.15, 0.2) is 48.5 Å². The van der Waals surface area contributed by atoms with Crippen LogP contribution in [0.2, 0.25) is 0 Å². The number of benzene rings is 2. The van der Waals surface area contributed by atoms with Crippen LogP contribution in [0.4, 0.5) is 4.79 Å². The number of para-hydroxylation sites is 1. The van der Waals surface area contributed by atoms with E-state index in [1.165, 1.54) is 6.07 Å². The smallest absolute Gasteiger partial charge is 0.408 e. The lowest BCUT2D eigenvalue weighted by Gasteiger charge is -2.33. The molecule has 0 heterocycles. The van der Waals surface area contributed by atoms with E-state index in [9.17, 15) is 29.5 Å². The Labute approximate surface area is 240 Å². The standard InChI is InChI=1S/C30H38N4O7/c1-6-40-24(35)15-17-32-27(37)25(22-14-10-11-20(2)26(22)36)34(18-16-31)28(38)23(19-21-12-8-7-9-13-21)33-29(39)41-30(3,4)5/h7-14,23,25,36H,6,15,17-19H2,1-5H3,(H,32,37)(H,33,39). The van der Waals surface area contributed by atoms with Gasteiger partial charge in [0.15, 0.2) is 0 Å². The first-order valence-electron chi connectivity index (χ1n) is 13.3. The van der Waals surface area contributed by atoms with Gasteiger partial charge in [-0.05, 0) is 45.7 Å². The maximum absolute atomic E-state index is 14.1. The number of esters is 1. The highest BCUT2D eigenvalue weighted by Crippen LogP contribution is 2.32. The fourth-order valence-corrected chi connectivity index (χ4v) is 4.04. The highest BCUT2D eigenvalue weighted by Gasteiger charge is 2.37. The highest BCUT2D eigenvalue weighted by atomic mass is 16.6. The van der Waals surface area contributed by atoms with E-state index in [1.54, 1.807) is 77.1 Å². The Morgan fingerprint density at radius 1 is 1.07 bits per heavy atom. The normalized spacial score (nSPS) is 12.3. The minimum absolute atomic E-state index is 0.0395. The second kappa shape index (κ2) is 15.3. The van der Waals surface area contributed by atoms with Crippen molar-refractivity contribution in [1.29, 1.82) is 5.26 Å². The fourth-order valence-electron chi connectivity index (χ4n) is 4.04. The van der Waals surface area contributed by atoms with Crippen molar-refractivity contribution in [2.75, 3.05) is 19.7 Å². The molecule has 0 saturated carbocycles. The number of alkyl carbamates (subject to hydrolysis) is 1. The fraction of sp³-hybridized carbons (Fsp3) is 0.433. The molecule has 2 aromatic rings. The van der Waals surface area contributed by atoms with E-state index in [0.29, 0.717) is 11.1 Å². The SMILES string of the molecule is CCOC(=O)CCNC(=O)C(c1cccc(C)c1O)N(CC#N)C(=O)C(Cc1ccccc1)NC(=O)OC(C)(C)C. The Hall–Kier alpha value is -4.59. The quantitative estimate of drug-likeness (QED) is 0.261. The van der Waals surface area contributed by atoms with Gasteiger partial charge in [0, 0.05) is 18.5 Å². The zero-order chi connectivity index (χ0) is 30.6. The van der Waals surface area contributed by atoms with Crippen LogP contribution in [-0.4, -0.2) is 65.2 Å². The number of nitriles is 1. The van der Waals surface area contributed by atoms with Crippen molar-refractivity contribution in [3.8, 4) is 11.8 Å². The molecule has 41 heavy (non-hydrogen) atoms. The molecule has 2 aromatic carbocycles. The van der Waals surface area contributed by atoms with Gasteiger partial charge < -0.3 is 30.1 Å². The van der Waals surface area contributed by atoms with Gasteiger partial charge in [-0.15, -0.1) is 0 Å². The summed E-state index contributed by atoms with van der Waals surface area (Å²) in [6, 6.07) is 12.9. The monoisotopic (exact) mass is 566 g/mol. The molecule has 0 fully saturated rings. The molecule has 11 nitrogen and oxygen atoms in total. The molecule has 11 heteroatoms. The number of hydrogen-bond acceptors (Lipinski definition) is 8. The number of aryl methyl sites for hydroxylation is 1. The first kappa shape index (κ1) is 32.6. The van der Waals surface area contributed by atoms with Crippen molar-refractivity contribution in [2.24, 2.45) is 0 Å². The van der Waals surface area contributed by atoms with Gasteiger partial charge in [0.25, 0.3) is 0 Å². The topological polar surface area (TPSA) is 158 Å². The molecule has 0 saturated heterocycles. The Morgan fingerprint density at radius 3 is 2.37 bits per heavy atom. The number of carbonyl (C=O) groups excluding carboxylic acids is 4. The highest BCUT2D eigenvalue weighted by molar-refractivity contribution is 5.93. The third-order valence-electron chi connectivity index (χ3n) is 5.85. The van der Waals surface area contributed by atoms with Gasteiger partial charge in [0.1, 0.15) is 30.0 Å². The lowest BCUT2D eigenvalue weighted by Crippen LogP contribution is -2.54. The van der Waals surface area contributed by atoms with Gasteiger partial charge in [-0.1, -0.05) is 48.5 Å². The van der Waals surface area contributed by atoms with Crippen LogP contribution in [0.5, 0.6) is 5.75 Å². The molecular weight excluding hydrogens is 528 g/mol. The predicted octanol–water partition coefficient (Wildman–Crippen LogP) is 3.30. The maximum Gasteiger partial charge on any atom is 0.408 e. The Balaban J connectivity index is 2.51. The van der Waals surface area contributed by atoms with E-state index in [4.69, 9.17) is 9.47 Å². The average Bonchev–Trinajstić information content (AvgIpc) is 2.89. The number of carbonyl (C=O) groups is 4. The van der Waals surface area contributed by atoms with Crippen molar-refractivity contribution < 1.29 is 33.8 Å². The second-order valence-corrected chi connectivity index (χ2v) is 10.3. The van der Waals surface area contributed by atoms with Gasteiger partial charge in [-0.2, -0.15) is 5.26 Å². The molecule has 0 radical (unpaired) electrons. The summed E-state index contributed by atoms with van der Waals surface area (Å²) in [5.41, 5.74) is 0.403. The lowest BCUT2D eigenvalue weighted by atomic mass is 9.98. The molecule has 0 spiro atoms. The zero-order valence-corrected chi connectivity index (χ0v) is 24.1. The van der Waals surface area contributed by atoms with Crippen LogP contribution in [0, 0.1) is 18.3 Å². The number of nitrogens with one attached hydrogen (secondary N) is 2. The Morgan fingerprint density at radius 2 is 1.76 bits per heavy atom. The number of nitrogens with zero attached hydrogens (tertiary/aromatic N) is 2. The number of phenolic OH excluding ortho intramolecular Hbond substituents is 1. The molecule has 0 bridgehead atoms. The van der Waals surface area contributed by atoms with Crippen LogP contribution >= 0.6 is 0 Å². The number of hydrogen-bond donors (Lipinski definition) is 3. The molecule has 3 amide bonds. The predicted molar refractivity (Wildman–Crippen MR) is 150 cm³/mol. The average molecular weight is 567 g/mol. The number of phenols is 1. The molecule has 3 N–H and O–H groups in total. The van der Waals surface area contributed by atoms with Crippen LogP contribution < -0.4 is 10.6 Å². The van der Waals surface area contributed by atoms with E-state index in [-0.39, 0.29) is 37.3 Å². The summed E-state index contributed by atoms with van der Waals surface area (Å²) in [6.07, 6.45) is -0.926. The molecule has 2 atom stereocenters. The van der Waals surface area contributed by atoms with Crippen molar-refractivity contribution in [3.05, 3.63) is 65.2 Å². The summed E-state index contributed by atoms with van der Waals surface area (Å²) in [6.45, 7) is 7.88. The van der Waals surface area contributed by atoms with Crippen LogP contribution in [0.25, 0.3) is 0 Å². The molecule has 220 valence electrons. The summed E-state index contributed by atoms with van der Waals surface area (Å²) in [4.78, 5) is 53.2. The summed E-state index contributed by atoms with van der Waals surface area (Å²) in [7, 11) is 0. The van der Waals surface area contributed by atoms with E-state index in [2.05, 4.69) is 10.6 Å². The molecule has 0 aromatic heterocycles. The van der Waals surface area contributed by atoms with Crippen LogP contribution in [0.3, 0.4) is 0 Å². The molecule has 2 unspecified atom stereocenters. The number of rotatable bonds is 12. The molecule has 0 aliphatic carbocycles. The minimum atomic E-state index is -1.46. The van der Waals surface area contributed by atoms with Crippen LogP contribution in [-0.2, 0) is 30.3 Å². The maximum atomic E-state index is 14.1. The van der Waals surface area contributed by atoms with Gasteiger partial charge >= 0.3 is 12.1 Å². The van der Waals surface area contributed by atoms with Gasteiger partial charge in [-0.25, -0.2) is 4.79 Å². The zero-order valence-electron chi connectivity index (χ0n) is 24.1. The van der Waals surface area contributed by atoms with Crippen molar-refractivity contribution in [3.63, 3.8) is 0 Å². The van der Waals surface area contributed by atoms with E-state index in [1.807, 2.05) is 6.07 Å². The van der Waals surface area contributed by atoms with E-state index >= 15 is 0 Å². The van der Waals surface area contributed by atoms with Gasteiger partial charge in [-0.3, -0.25) is 14.4 Å². The molecule has 0 aliphatic heterocycles. The molecule has 2 rings (SSSR count). The first-order chi connectivity index (χ1) is 19.4. The van der Waals surface area contributed by atoms with Crippen molar-refractivity contribution in [2.45, 2.75) is 65.1 Å².